The van der Waals surface area contributed by atoms with Crippen LogP contribution >= 0.6 is 0 Å². The number of aryl methyl sites for hydroxylation is 1. The van der Waals surface area contributed by atoms with Crippen molar-refractivity contribution in [3.63, 3.8) is 0 Å². The van der Waals surface area contributed by atoms with Gasteiger partial charge in [0.05, 0.1) is 18.3 Å². The SMILES string of the molecule is CCCN(CCC)C(=O)c1cc(C(=O)N[C@@H](Cc2cc(F)cc(F)c2)[C@H](O)CNC2(c3cccc(CC)c3)CC2)cc(-c2ncco2)c1. The van der Waals surface area contributed by atoms with Crippen LogP contribution in [0.5, 0.6) is 0 Å². The number of rotatable bonds is 16. The molecule has 8 nitrogen and oxygen atoms in total. The number of hydrogen-bond donors (Lipinski definition) is 3. The minimum Gasteiger partial charge on any atom is -0.445 e. The zero-order valence-corrected chi connectivity index (χ0v) is 27.8. The predicted octanol–water partition coefficient (Wildman–Crippen LogP) is 6.43. The lowest BCUT2D eigenvalue weighted by atomic mass is 9.97. The first-order valence-electron chi connectivity index (χ1n) is 16.8. The normalized spacial score (nSPS) is 14.7. The Balaban J connectivity index is 1.42. The number of hydrogen-bond acceptors (Lipinski definition) is 6. The largest absolute Gasteiger partial charge is 0.445 e. The second-order valence-electron chi connectivity index (χ2n) is 12.6. The van der Waals surface area contributed by atoms with E-state index in [1.807, 2.05) is 19.9 Å². The Morgan fingerprint density at radius 1 is 0.958 bits per heavy atom. The van der Waals surface area contributed by atoms with Gasteiger partial charge in [0.15, 0.2) is 0 Å². The molecule has 2 atom stereocenters. The van der Waals surface area contributed by atoms with Crippen LogP contribution in [0.4, 0.5) is 8.78 Å². The molecule has 48 heavy (non-hydrogen) atoms. The molecule has 1 heterocycles. The molecular weight excluding hydrogens is 614 g/mol. The quantitative estimate of drug-likeness (QED) is 0.128. The maximum Gasteiger partial charge on any atom is 0.253 e. The maximum absolute atomic E-state index is 14.2. The van der Waals surface area contributed by atoms with E-state index in [1.54, 1.807) is 17.0 Å². The lowest BCUT2D eigenvalue weighted by molar-refractivity contribution is 0.0755. The van der Waals surface area contributed by atoms with E-state index >= 15 is 0 Å². The van der Waals surface area contributed by atoms with Gasteiger partial charge in [-0.1, -0.05) is 45.0 Å². The third-order valence-corrected chi connectivity index (χ3v) is 8.84. The van der Waals surface area contributed by atoms with Crippen LogP contribution in [-0.2, 0) is 18.4 Å². The zero-order chi connectivity index (χ0) is 34.3. The lowest BCUT2D eigenvalue weighted by Gasteiger charge is -2.28. The summed E-state index contributed by atoms with van der Waals surface area (Å²) in [5, 5.41) is 17.9. The van der Waals surface area contributed by atoms with Crippen molar-refractivity contribution < 1.29 is 27.9 Å². The predicted molar refractivity (Wildman–Crippen MR) is 180 cm³/mol. The molecular formula is C38H44F2N4O4. The topological polar surface area (TPSA) is 108 Å². The van der Waals surface area contributed by atoms with E-state index in [1.165, 1.54) is 36.2 Å². The molecule has 4 aromatic rings. The molecule has 0 radical (unpaired) electrons. The smallest absolute Gasteiger partial charge is 0.253 e. The van der Waals surface area contributed by atoms with Crippen LogP contribution in [0.1, 0.15) is 83.9 Å². The van der Waals surface area contributed by atoms with Gasteiger partial charge in [-0.05, 0) is 85.5 Å². The van der Waals surface area contributed by atoms with Gasteiger partial charge in [0.2, 0.25) is 5.89 Å². The van der Waals surface area contributed by atoms with Crippen LogP contribution in [0.2, 0.25) is 0 Å². The Hall–Kier alpha value is -4.41. The summed E-state index contributed by atoms with van der Waals surface area (Å²) in [6.45, 7) is 7.35. The molecule has 2 amide bonds. The Labute approximate surface area is 280 Å². The molecule has 0 saturated heterocycles. The summed E-state index contributed by atoms with van der Waals surface area (Å²) in [6, 6.07) is 15.3. The van der Waals surface area contributed by atoms with Crippen molar-refractivity contribution in [1.82, 2.24) is 20.5 Å². The Morgan fingerprint density at radius 2 is 1.67 bits per heavy atom. The summed E-state index contributed by atoms with van der Waals surface area (Å²) in [7, 11) is 0. The fraction of sp³-hybridized carbons (Fsp3) is 0.395. The number of amides is 2. The van der Waals surface area contributed by atoms with Crippen molar-refractivity contribution in [1.29, 1.82) is 0 Å². The molecule has 0 spiro atoms. The maximum atomic E-state index is 14.2. The molecule has 10 heteroatoms. The number of halogens is 2. The molecule has 254 valence electrons. The number of nitrogens with zero attached hydrogens (tertiary/aromatic N) is 2. The van der Waals surface area contributed by atoms with E-state index < -0.39 is 29.7 Å². The van der Waals surface area contributed by atoms with Gasteiger partial charge in [-0.2, -0.15) is 0 Å². The van der Waals surface area contributed by atoms with Crippen LogP contribution in [0.25, 0.3) is 11.5 Å². The monoisotopic (exact) mass is 658 g/mol. The highest BCUT2D eigenvalue weighted by molar-refractivity contribution is 6.01. The first-order valence-corrected chi connectivity index (χ1v) is 16.8. The first kappa shape index (κ1) is 34.9. The number of carbonyl (C=O) groups excluding carboxylic acids is 2. The van der Waals surface area contributed by atoms with Crippen LogP contribution < -0.4 is 10.6 Å². The highest BCUT2D eigenvalue weighted by Gasteiger charge is 2.44. The van der Waals surface area contributed by atoms with E-state index in [0.717, 1.165) is 43.7 Å². The average Bonchev–Trinajstić information content (AvgIpc) is 3.67. The standard InChI is InChI=1S/C38H44F2N4O4/c1-4-13-44(14-5-2)37(47)29-21-27(20-28(22-29)36-41-12-15-48-36)35(46)43-33(19-26-17-31(39)23-32(40)18-26)34(45)24-42-38(10-11-38)30-9-7-8-25(6-3)16-30/h7-9,12,15-18,20-23,33-34,42,45H,4-6,10-11,13-14,19,24H2,1-3H3,(H,43,46)/t33-,34+/m0/s1. The fourth-order valence-corrected chi connectivity index (χ4v) is 6.15. The van der Waals surface area contributed by atoms with Crippen molar-refractivity contribution in [2.45, 2.75) is 77.0 Å². The highest BCUT2D eigenvalue weighted by Crippen LogP contribution is 2.45. The van der Waals surface area contributed by atoms with Crippen molar-refractivity contribution in [3.8, 4) is 11.5 Å². The van der Waals surface area contributed by atoms with E-state index in [9.17, 15) is 23.5 Å². The summed E-state index contributed by atoms with van der Waals surface area (Å²) >= 11 is 0. The second-order valence-corrected chi connectivity index (χ2v) is 12.6. The molecule has 1 fully saturated rings. The number of aliphatic hydroxyl groups is 1. The number of oxazole rings is 1. The molecule has 5 rings (SSSR count). The van der Waals surface area contributed by atoms with Crippen LogP contribution in [0.3, 0.4) is 0 Å². The van der Waals surface area contributed by atoms with Gasteiger partial charge in [-0.15, -0.1) is 0 Å². The van der Waals surface area contributed by atoms with E-state index in [2.05, 4.69) is 40.7 Å². The molecule has 3 N–H and O–H groups in total. The van der Waals surface area contributed by atoms with Crippen molar-refractivity contribution >= 4 is 11.8 Å². The fourth-order valence-electron chi connectivity index (χ4n) is 6.15. The van der Waals surface area contributed by atoms with Gasteiger partial charge in [-0.3, -0.25) is 9.59 Å². The number of benzene rings is 3. The summed E-state index contributed by atoms with van der Waals surface area (Å²) in [4.78, 5) is 33.5. The van der Waals surface area contributed by atoms with Gasteiger partial charge in [0, 0.05) is 47.9 Å². The lowest BCUT2D eigenvalue weighted by Crippen LogP contribution is -2.50. The Kier molecular flexibility index (Phi) is 11.4. The number of aromatic nitrogens is 1. The van der Waals surface area contributed by atoms with Gasteiger partial charge in [0.25, 0.3) is 11.8 Å². The molecule has 0 aliphatic heterocycles. The third kappa shape index (κ3) is 8.54. The van der Waals surface area contributed by atoms with Gasteiger partial charge in [-0.25, -0.2) is 13.8 Å². The van der Waals surface area contributed by atoms with Crippen LogP contribution in [0.15, 0.2) is 77.5 Å². The molecule has 0 bridgehead atoms. The van der Waals surface area contributed by atoms with Crippen molar-refractivity contribution in [3.05, 3.63) is 113 Å². The van der Waals surface area contributed by atoms with Gasteiger partial charge >= 0.3 is 0 Å². The number of carbonyl (C=O) groups is 2. The first-order chi connectivity index (χ1) is 23.1. The average molecular weight is 659 g/mol. The minimum absolute atomic E-state index is 0.0341. The second kappa shape index (κ2) is 15.7. The molecule has 1 aromatic heterocycles. The van der Waals surface area contributed by atoms with E-state index in [-0.39, 0.29) is 41.4 Å². The zero-order valence-electron chi connectivity index (χ0n) is 27.8. The number of nitrogens with one attached hydrogen (secondary N) is 2. The van der Waals surface area contributed by atoms with E-state index in [4.69, 9.17) is 4.42 Å². The highest BCUT2D eigenvalue weighted by atomic mass is 19.1. The van der Waals surface area contributed by atoms with Crippen molar-refractivity contribution in [2.75, 3.05) is 19.6 Å². The summed E-state index contributed by atoms with van der Waals surface area (Å²) < 4.78 is 33.9. The number of aliphatic hydroxyl groups excluding tert-OH is 1. The third-order valence-electron chi connectivity index (χ3n) is 8.84. The Bertz CT molecular complexity index is 1680. The molecule has 1 saturated carbocycles. The molecule has 3 aromatic carbocycles. The van der Waals surface area contributed by atoms with Crippen LogP contribution in [-0.4, -0.2) is 58.6 Å². The molecule has 0 unspecified atom stereocenters. The summed E-state index contributed by atoms with van der Waals surface area (Å²) in [5.41, 5.74) is 3.27. The molecule has 1 aliphatic carbocycles. The van der Waals surface area contributed by atoms with E-state index in [0.29, 0.717) is 24.2 Å². The van der Waals surface area contributed by atoms with Gasteiger partial charge in [0.1, 0.15) is 17.9 Å². The van der Waals surface area contributed by atoms with Crippen molar-refractivity contribution in [2.24, 2.45) is 0 Å². The van der Waals surface area contributed by atoms with Crippen LogP contribution in [0, 0.1) is 11.6 Å². The minimum atomic E-state index is -1.12. The molecule has 1 aliphatic rings. The summed E-state index contributed by atoms with van der Waals surface area (Å²) in [5.74, 6) is -2.04. The summed E-state index contributed by atoms with van der Waals surface area (Å²) in [6.07, 6.45) is 5.99. The van der Waals surface area contributed by atoms with Gasteiger partial charge < -0.3 is 25.1 Å². The Morgan fingerprint density at radius 3 is 2.29 bits per heavy atom.